The molecule has 8 nitrogen and oxygen atoms in total. The van der Waals surface area contributed by atoms with Crippen molar-refractivity contribution < 1.29 is 36.3 Å². The molecule has 3 amide bonds. The van der Waals surface area contributed by atoms with Gasteiger partial charge >= 0.3 is 23.7 Å². The third kappa shape index (κ3) is 3.57. The van der Waals surface area contributed by atoms with Crippen molar-refractivity contribution in [2.24, 2.45) is 0 Å². The number of quaternary nitrogens is 1. The highest BCUT2D eigenvalue weighted by Gasteiger charge is 2.69. The van der Waals surface area contributed by atoms with Crippen molar-refractivity contribution in [1.82, 2.24) is 24.9 Å². The second-order valence-corrected chi connectivity index (χ2v) is 10.9. The summed E-state index contributed by atoms with van der Waals surface area (Å²) in [7, 11) is 0. The lowest BCUT2D eigenvalue weighted by atomic mass is 9.74. The number of benzene rings is 2. The number of alkyl halides is 4. The molecule has 0 aliphatic carbocycles. The first-order valence-corrected chi connectivity index (χ1v) is 12.9. The Morgan fingerprint density at radius 1 is 1.05 bits per heavy atom. The average molecular weight is 583 g/mol. The Morgan fingerprint density at radius 3 is 2.40 bits per heavy atom. The zero-order valence-electron chi connectivity index (χ0n) is 20.7. The third-order valence-electron chi connectivity index (χ3n) is 8.25. The average Bonchev–Trinajstić information content (AvgIpc) is 3.53. The number of hydrogen-bond acceptors (Lipinski definition) is 5. The largest absolute Gasteiger partial charge is 0.358 e. The second-order valence-electron chi connectivity index (χ2n) is 10.5. The van der Waals surface area contributed by atoms with Crippen LogP contribution >= 0.6 is 11.6 Å². The van der Waals surface area contributed by atoms with Gasteiger partial charge in [0.05, 0.1) is 41.0 Å². The van der Waals surface area contributed by atoms with Gasteiger partial charge in [-0.3, -0.25) is 9.89 Å². The van der Waals surface area contributed by atoms with E-state index in [0.29, 0.717) is 24.0 Å². The van der Waals surface area contributed by atoms with Crippen LogP contribution in [0.3, 0.4) is 0 Å². The molecular weight excluding hydrogens is 561 g/mol. The normalized spacial score (nSPS) is 24.6. The van der Waals surface area contributed by atoms with E-state index < -0.39 is 69.9 Å². The summed E-state index contributed by atoms with van der Waals surface area (Å²) in [6.07, 6.45) is 1.67. The van der Waals surface area contributed by atoms with E-state index in [4.69, 9.17) is 11.6 Å². The van der Waals surface area contributed by atoms with E-state index in [2.05, 4.69) is 15.5 Å². The SMILES string of the molecule is O=C(C[N+]1(C(=O)c2ccc3[nH]ncc3c2)C(=O)C2(CCNCC2)c2c1ccc(F)c2Cl)N1CC(F)(F)C(F)(F)C1. The Balaban J connectivity index is 1.55. The molecule has 3 aromatic rings. The minimum Gasteiger partial charge on any atom is -0.325 e. The van der Waals surface area contributed by atoms with E-state index in [0.717, 1.165) is 6.07 Å². The number of carbonyl (C=O) groups excluding carboxylic acids is 3. The van der Waals surface area contributed by atoms with Crippen molar-refractivity contribution in [2.75, 3.05) is 32.7 Å². The first-order valence-electron chi connectivity index (χ1n) is 12.5. The molecular formula is C26H22ClF5N5O3+. The van der Waals surface area contributed by atoms with Crippen molar-refractivity contribution in [3.8, 4) is 0 Å². The van der Waals surface area contributed by atoms with Crippen LogP contribution in [0.5, 0.6) is 0 Å². The number of nitrogens with zero attached hydrogens (tertiary/aromatic N) is 3. The minimum absolute atomic E-state index is 0.0236. The van der Waals surface area contributed by atoms with Crippen molar-refractivity contribution in [1.29, 1.82) is 0 Å². The van der Waals surface area contributed by atoms with E-state index >= 15 is 0 Å². The van der Waals surface area contributed by atoms with Gasteiger partial charge < -0.3 is 10.2 Å². The fourth-order valence-corrected chi connectivity index (χ4v) is 6.53. The van der Waals surface area contributed by atoms with E-state index in [1.54, 1.807) is 0 Å². The van der Waals surface area contributed by atoms with Crippen LogP contribution in [0.15, 0.2) is 36.5 Å². The number of aromatic nitrogens is 2. The molecule has 4 heterocycles. The fourth-order valence-electron chi connectivity index (χ4n) is 6.19. The van der Waals surface area contributed by atoms with Gasteiger partial charge in [-0.25, -0.2) is 14.0 Å². The molecule has 6 rings (SSSR count). The number of carbonyl (C=O) groups is 3. The van der Waals surface area contributed by atoms with Crippen LogP contribution in [0.25, 0.3) is 10.9 Å². The number of aromatic amines is 1. The van der Waals surface area contributed by atoms with Crippen molar-refractivity contribution in [3.63, 3.8) is 0 Å². The summed E-state index contributed by atoms with van der Waals surface area (Å²) in [6, 6.07) is 6.51. The number of piperidine rings is 1. The van der Waals surface area contributed by atoms with Crippen LogP contribution in [-0.4, -0.2) is 77.4 Å². The molecule has 3 aliphatic rings. The zero-order chi connectivity index (χ0) is 28.7. The maximum atomic E-state index is 14.8. The Hall–Kier alpha value is -3.42. The molecule has 210 valence electrons. The number of imide groups is 1. The van der Waals surface area contributed by atoms with Gasteiger partial charge in [0.1, 0.15) is 11.2 Å². The summed E-state index contributed by atoms with van der Waals surface area (Å²) in [5, 5.41) is 9.85. The molecule has 0 radical (unpaired) electrons. The molecule has 0 bridgehead atoms. The molecule has 1 unspecified atom stereocenters. The van der Waals surface area contributed by atoms with Gasteiger partial charge in [-0.05, 0) is 50.2 Å². The van der Waals surface area contributed by atoms with Gasteiger partial charge in [-0.2, -0.15) is 27.1 Å². The summed E-state index contributed by atoms with van der Waals surface area (Å²) in [5.41, 5.74) is -0.961. The highest BCUT2D eigenvalue weighted by Crippen LogP contribution is 2.55. The van der Waals surface area contributed by atoms with Crippen molar-refractivity contribution in [2.45, 2.75) is 30.1 Å². The van der Waals surface area contributed by atoms with Gasteiger partial charge in [-0.1, -0.05) is 11.6 Å². The standard InChI is InChI=1S/C26H21ClF5N5O3/c27-21-16(28)2-4-18-20(21)24(5-7-33-8-6-24)23(40)37(18,11-19(38)36-12-25(29,30)26(31,32)13-36)22(39)14-1-3-17-15(9-14)10-34-35-17/h1-4,9-10,33H,5-8,11-13H2/p+1. The Labute approximate surface area is 228 Å². The number of nitrogens with one attached hydrogen (secondary N) is 2. The Kier molecular flexibility index (Phi) is 5.88. The molecule has 1 atom stereocenters. The van der Waals surface area contributed by atoms with E-state index in [1.165, 1.54) is 30.5 Å². The van der Waals surface area contributed by atoms with Crippen LogP contribution in [0.4, 0.5) is 27.6 Å². The molecule has 14 heteroatoms. The minimum atomic E-state index is -4.49. The fraction of sp³-hybridized carbons (Fsp3) is 0.385. The number of H-pyrrole nitrogens is 1. The molecule has 2 fully saturated rings. The van der Waals surface area contributed by atoms with E-state index in [9.17, 15) is 36.3 Å². The van der Waals surface area contributed by atoms with Gasteiger partial charge in [0.25, 0.3) is 5.91 Å². The van der Waals surface area contributed by atoms with Gasteiger partial charge in [0.15, 0.2) is 12.2 Å². The molecule has 2 saturated heterocycles. The van der Waals surface area contributed by atoms with Crippen molar-refractivity contribution >= 4 is 45.9 Å². The summed E-state index contributed by atoms with van der Waals surface area (Å²) >= 11 is 6.43. The molecule has 1 spiro atoms. The van der Waals surface area contributed by atoms with Crippen LogP contribution in [0, 0.1) is 5.82 Å². The summed E-state index contributed by atoms with van der Waals surface area (Å²) < 4.78 is 69.6. The molecule has 2 aromatic carbocycles. The maximum Gasteiger partial charge on any atom is 0.358 e. The first-order chi connectivity index (χ1) is 18.8. The van der Waals surface area contributed by atoms with E-state index in [-0.39, 0.29) is 34.6 Å². The Morgan fingerprint density at radius 2 is 1.73 bits per heavy atom. The molecule has 0 saturated carbocycles. The second kappa shape index (κ2) is 8.79. The number of hydrogen-bond donors (Lipinski definition) is 2. The zero-order valence-corrected chi connectivity index (χ0v) is 21.5. The lowest BCUT2D eigenvalue weighted by Gasteiger charge is -2.34. The number of likely N-dealkylation sites (tertiary alicyclic amines) is 1. The van der Waals surface area contributed by atoms with E-state index in [1.807, 2.05) is 0 Å². The lowest BCUT2D eigenvalue weighted by molar-refractivity contribution is -0.172. The van der Waals surface area contributed by atoms with Crippen LogP contribution in [0.1, 0.15) is 28.8 Å². The first kappa shape index (κ1) is 26.8. The predicted octanol–water partition coefficient (Wildman–Crippen LogP) is 3.78. The number of halogens is 6. The smallest absolute Gasteiger partial charge is 0.325 e. The topological polar surface area (TPSA) is 95.2 Å². The van der Waals surface area contributed by atoms with Crippen LogP contribution < -0.4 is 9.80 Å². The van der Waals surface area contributed by atoms with Crippen molar-refractivity contribution in [3.05, 3.63) is 58.5 Å². The van der Waals surface area contributed by atoms with Crippen LogP contribution in [-0.2, 0) is 15.0 Å². The van der Waals surface area contributed by atoms with Gasteiger partial charge in [0, 0.05) is 11.5 Å². The number of amides is 3. The molecule has 2 N–H and O–H groups in total. The molecule has 3 aliphatic heterocycles. The van der Waals surface area contributed by atoms with Gasteiger partial charge in [0.2, 0.25) is 0 Å². The lowest BCUT2D eigenvalue weighted by Crippen LogP contribution is -2.64. The molecule has 40 heavy (non-hydrogen) atoms. The summed E-state index contributed by atoms with van der Waals surface area (Å²) in [5.74, 6) is -12.8. The van der Waals surface area contributed by atoms with Crippen LogP contribution in [0.2, 0.25) is 5.02 Å². The maximum absolute atomic E-state index is 14.8. The highest BCUT2D eigenvalue weighted by molar-refractivity contribution is 6.34. The van der Waals surface area contributed by atoms with Gasteiger partial charge in [-0.15, -0.1) is 0 Å². The Bertz CT molecular complexity index is 1570. The summed E-state index contributed by atoms with van der Waals surface area (Å²) in [4.78, 5) is 42.8. The summed E-state index contributed by atoms with van der Waals surface area (Å²) in [6.45, 7) is -3.59. The third-order valence-corrected chi connectivity index (χ3v) is 8.62. The highest BCUT2D eigenvalue weighted by atomic mass is 35.5. The monoisotopic (exact) mass is 582 g/mol. The number of fused-ring (bicyclic) bond motifs is 3. The molecule has 1 aromatic heterocycles. The quantitative estimate of drug-likeness (QED) is 0.279. The number of rotatable bonds is 3. The predicted molar refractivity (Wildman–Crippen MR) is 134 cm³/mol.